The third kappa shape index (κ3) is 2.19. The van der Waals surface area contributed by atoms with Crippen molar-refractivity contribution in [1.29, 1.82) is 0 Å². The molecule has 1 aliphatic carbocycles. The molecule has 2 rings (SSSR count). The van der Waals surface area contributed by atoms with E-state index in [1.807, 2.05) is 12.1 Å². The molecule has 1 saturated carbocycles. The lowest BCUT2D eigenvalue weighted by atomic mass is 9.55. The van der Waals surface area contributed by atoms with Crippen molar-refractivity contribution in [3.63, 3.8) is 0 Å². The molecule has 1 aromatic rings. The highest BCUT2D eigenvalue weighted by atomic mass is 16.5. The van der Waals surface area contributed by atoms with E-state index in [2.05, 4.69) is 20.8 Å². The molecule has 1 fully saturated rings. The van der Waals surface area contributed by atoms with E-state index in [9.17, 15) is 9.90 Å². The molecular weight excluding hydrogens is 252 g/mol. The lowest BCUT2D eigenvalue weighted by molar-refractivity contribution is 0.0690. The molecule has 0 saturated heterocycles. The van der Waals surface area contributed by atoms with Crippen molar-refractivity contribution in [3.8, 4) is 5.75 Å². The van der Waals surface area contributed by atoms with Crippen LogP contribution in [0.3, 0.4) is 0 Å². The van der Waals surface area contributed by atoms with Gasteiger partial charge in [0.05, 0.1) is 7.11 Å². The Morgan fingerprint density at radius 1 is 1.20 bits per heavy atom. The third-order valence-corrected chi connectivity index (χ3v) is 5.27. The van der Waals surface area contributed by atoms with Gasteiger partial charge in [0.25, 0.3) is 0 Å². The van der Waals surface area contributed by atoms with Gasteiger partial charge >= 0.3 is 5.97 Å². The van der Waals surface area contributed by atoms with Crippen LogP contribution in [0, 0.1) is 5.41 Å². The number of carboxylic acid groups (broad SMARTS) is 1. The molecule has 1 unspecified atom stereocenters. The Labute approximate surface area is 121 Å². The summed E-state index contributed by atoms with van der Waals surface area (Å²) >= 11 is 0. The first kappa shape index (κ1) is 14.9. The maximum absolute atomic E-state index is 11.4. The van der Waals surface area contributed by atoms with Crippen LogP contribution in [0.2, 0.25) is 0 Å². The normalized spacial score (nSPS) is 25.2. The highest BCUT2D eigenvalue weighted by Crippen LogP contribution is 2.54. The number of ether oxygens (including phenoxy) is 1. The predicted octanol–water partition coefficient (Wildman–Crippen LogP) is 4.25. The van der Waals surface area contributed by atoms with E-state index in [1.165, 1.54) is 12.8 Å². The zero-order valence-electron chi connectivity index (χ0n) is 12.8. The average molecular weight is 276 g/mol. The Balaban J connectivity index is 2.62. The van der Waals surface area contributed by atoms with Crippen LogP contribution in [-0.2, 0) is 5.41 Å². The van der Waals surface area contributed by atoms with E-state index in [-0.39, 0.29) is 16.4 Å². The molecular formula is C17H24O3. The summed E-state index contributed by atoms with van der Waals surface area (Å²) in [5.74, 6) is -0.404. The van der Waals surface area contributed by atoms with Crippen LogP contribution < -0.4 is 4.74 Å². The summed E-state index contributed by atoms with van der Waals surface area (Å²) in [5.41, 5.74) is 1.37. The molecule has 0 spiro atoms. The summed E-state index contributed by atoms with van der Waals surface area (Å²) in [6.07, 6.45) is 4.65. The van der Waals surface area contributed by atoms with E-state index in [1.54, 1.807) is 13.2 Å². The molecule has 0 bridgehead atoms. The van der Waals surface area contributed by atoms with Crippen LogP contribution in [0.25, 0.3) is 0 Å². The molecule has 1 aliphatic rings. The third-order valence-electron chi connectivity index (χ3n) is 5.27. The van der Waals surface area contributed by atoms with Crippen molar-refractivity contribution in [3.05, 3.63) is 29.3 Å². The van der Waals surface area contributed by atoms with E-state index >= 15 is 0 Å². The molecule has 3 nitrogen and oxygen atoms in total. The summed E-state index contributed by atoms with van der Waals surface area (Å²) in [6.45, 7) is 6.80. The number of hydrogen-bond acceptors (Lipinski definition) is 2. The summed E-state index contributed by atoms with van der Waals surface area (Å²) < 4.78 is 5.47. The second-order valence-electron chi connectivity index (χ2n) is 6.61. The van der Waals surface area contributed by atoms with E-state index in [0.29, 0.717) is 5.75 Å². The number of aromatic carboxylic acids is 1. The minimum atomic E-state index is -0.930. The zero-order chi connectivity index (χ0) is 15.0. The van der Waals surface area contributed by atoms with Gasteiger partial charge in [0, 0.05) is 11.0 Å². The van der Waals surface area contributed by atoms with Crippen LogP contribution in [0.1, 0.15) is 62.4 Å². The fourth-order valence-corrected chi connectivity index (χ4v) is 3.52. The highest BCUT2D eigenvalue weighted by Gasteiger charge is 2.45. The Morgan fingerprint density at radius 2 is 1.85 bits per heavy atom. The summed E-state index contributed by atoms with van der Waals surface area (Å²) in [6, 6.07) is 5.47. The molecule has 1 aromatic carbocycles. The number of carboxylic acids is 1. The van der Waals surface area contributed by atoms with Crippen LogP contribution in [0.4, 0.5) is 0 Å². The van der Waals surface area contributed by atoms with Gasteiger partial charge in [0.15, 0.2) is 0 Å². The molecule has 0 heterocycles. The molecule has 0 aliphatic heterocycles. The maximum atomic E-state index is 11.4. The van der Waals surface area contributed by atoms with E-state index < -0.39 is 5.97 Å². The maximum Gasteiger partial charge on any atom is 0.339 e. The number of methoxy groups -OCH3 is 1. The number of para-hydroxylation sites is 1. The van der Waals surface area contributed by atoms with Crippen LogP contribution in [0.15, 0.2) is 18.2 Å². The Bertz CT molecular complexity index is 519. The van der Waals surface area contributed by atoms with Gasteiger partial charge in [-0.3, -0.25) is 0 Å². The van der Waals surface area contributed by atoms with Crippen molar-refractivity contribution in [1.82, 2.24) is 0 Å². The minimum Gasteiger partial charge on any atom is -0.496 e. The minimum absolute atomic E-state index is 0.0535. The molecule has 0 radical (unpaired) electrons. The predicted molar refractivity (Wildman–Crippen MR) is 79.6 cm³/mol. The topological polar surface area (TPSA) is 46.5 Å². The van der Waals surface area contributed by atoms with Crippen molar-refractivity contribution in [2.24, 2.45) is 5.41 Å². The van der Waals surface area contributed by atoms with Crippen LogP contribution >= 0.6 is 0 Å². The van der Waals surface area contributed by atoms with Crippen molar-refractivity contribution in [2.75, 3.05) is 7.11 Å². The number of rotatable bonds is 3. The molecule has 20 heavy (non-hydrogen) atoms. The SMILES string of the molecule is COc1c(C(=O)O)cccc1C1(C)CCCCC1(C)C. The number of hydrogen-bond donors (Lipinski definition) is 1. The Kier molecular flexibility index (Phi) is 3.81. The number of benzene rings is 1. The van der Waals surface area contributed by atoms with E-state index in [4.69, 9.17) is 4.74 Å². The fourth-order valence-electron chi connectivity index (χ4n) is 3.52. The monoisotopic (exact) mass is 276 g/mol. The summed E-state index contributed by atoms with van der Waals surface area (Å²) in [5, 5.41) is 9.35. The molecule has 0 aromatic heterocycles. The summed E-state index contributed by atoms with van der Waals surface area (Å²) in [4.78, 5) is 11.4. The van der Waals surface area contributed by atoms with Gasteiger partial charge in [-0.2, -0.15) is 0 Å². The second kappa shape index (κ2) is 5.12. The van der Waals surface area contributed by atoms with Crippen molar-refractivity contribution < 1.29 is 14.6 Å². The number of carbonyl (C=O) groups is 1. The Morgan fingerprint density at radius 3 is 2.40 bits per heavy atom. The molecule has 110 valence electrons. The van der Waals surface area contributed by atoms with Gasteiger partial charge in [0.2, 0.25) is 0 Å². The van der Waals surface area contributed by atoms with Gasteiger partial charge in [-0.15, -0.1) is 0 Å². The molecule has 0 amide bonds. The quantitative estimate of drug-likeness (QED) is 0.897. The molecule has 3 heteroatoms. The average Bonchev–Trinajstić information content (AvgIpc) is 2.41. The van der Waals surface area contributed by atoms with Gasteiger partial charge in [-0.05, 0) is 24.3 Å². The standard InChI is InChI=1S/C17H24O3/c1-16(2)10-5-6-11-17(16,3)13-9-7-8-12(15(18)19)14(13)20-4/h7-9H,5-6,10-11H2,1-4H3,(H,18,19). The van der Waals surface area contributed by atoms with Crippen LogP contribution in [-0.4, -0.2) is 18.2 Å². The van der Waals surface area contributed by atoms with Crippen molar-refractivity contribution in [2.45, 2.75) is 51.9 Å². The van der Waals surface area contributed by atoms with Crippen molar-refractivity contribution >= 4 is 5.97 Å². The van der Waals surface area contributed by atoms with Gasteiger partial charge < -0.3 is 9.84 Å². The van der Waals surface area contributed by atoms with Crippen LogP contribution in [0.5, 0.6) is 5.75 Å². The smallest absolute Gasteiger partial charge is 0.339 e. The Hall–Kier alpha value is -1.51. The first-order chi connectivity index (χ1) is 9.33. The van der Waals surface area contributed by atoms with Gasteiger partial charge in [-0.1, -0.05) is 45.7 Å². The van der Waals surface area contributed by atoms with Gasteiger partial charge in [-0.25, -0.2) is 4.79 Å². The first-order valence-electron chi connectivity index (χ1n) is 7.24. The lowest BCUT2D eigenvalue weighted by Crippen LogP contribution is -2.42. The first-order valence-corrected chi connectivity index (χ1v) is 7.24. The highest BCUT2D eigenvalue weighted by molar-refractivity contribution is 5.91. The molecule has 1 N–H and O–H groups in total. The van der Waals surface area contributed by atoms with E-state index in [0.717, 1.165) is 18.4 Å². The fraction of sp³-hybridized carbons (Fsp3) is 0.588. The molecule has 1 atom stereocenters. The summed E-state index contributed by atoms with van der Waals surface area (Å²) in [7, 11) is 1.56. The largest absolute Gasteiger partial charge is 0.496 e. The van der Waals surface area contributed by atoms with Gasteiger partial charge in [0.1, 0.15) is 11.3 Å². The zero-order valence-corrected chi connectivity index (χ0v) is 12.8. The second-order valence-corrected chi connectivity index (χ2v) is 6.61. The lowest BCUT2D eigenvalue weighted by Gasteiger charge is -2.49.